The van der Waals surface area contributed by atoms with Crippen molar-refractivity contribution in [3.8, 4) is 0 Å². The number of thiophene rings is 1. The molecule has 0 saturated heterocycles. The van der Waals surface area contributed by atoms with Crippen LogP contribution in [-0.2, 0) is 12.8 Å². The van der Waals surface area contributed by atoms with Crippen LogP contribution < -0.4 is 5.56 Å². The molecule has 0 radical (unpaired) electrons. The van der Waals surface area contributed by atoms with Crippen LogP contribution in [-0.4, -0.2) is 9.55 Å². The molecule has 0 saturated carbocycles. The van der Waals surface area contributed by atoms with Crippen molar-refractivity contribution in [2.24, 2.45) is 7.05 Å². The second-order valence-electron chi connectivity index (χ2n) is 6.15. The highest BCUT2D eigenvalue weighted by Gasteiger charge is 2.15. The molecule has 2 aromatic carbocycles. The molecule has 0 N–H and O–H groups in total. The topological polar surface area (TPSA) is 34.9 Å². The van der Waals surface area contributed by atoms with E-state index in [1.54, 1.807) is 27.7 Å². The number of hydrogen-bond donors (Lipinski definition) is 0. The zero-order chi connectivity index (χ0) is 17.6. The Balaban J connectivity index is 1.74. The Kier molecular flexibility index (Phi) is 4.13. The van der Waals surface area contributed by atoms with Gasteiger partial charge >= 0.3 is 0 Å². The fourth-order valence-corrected chi connectivity index (χ4v) is 5.09. The summed E-state index contributed by atoms with van der Waals surface area (Å²) in [5.41, 5.74) is 2.36. The van der Waals surface area contributed by atoms with Gasteiger partial charge in [0.1, 0.15) is 4.83 Å². The van der Waals surface area contributed by atoms with Crippen LogP contribution in [0, 0.1) is 13.8 Å². The van der Waals surface area contributed by atoms with Gasteiger partial charge in [0.2, 0.25) is 0 Å². The first-order chi connectivity index (χ1) is 12.1. The SMILES string of the molecule is Cc1sc2nc(SCc3cccc4ccccc34)n(C)c(=O)c2c1C. The number of rotatable bonds is 3. The summed E-state index contributed by atoms with van der Waals surface area (Å²) in [4.78, 5) is 19.5. The average molecular weight is 367 g/mol. The maximum absolute atomic E-state index is 12.7. The van der Waals surface area contributed by atoms with Crippen LogP contribution >= 0.6 is 23.1 Å². The lowest BCUT2D eigenvalue weighted by Gasteiger charge is -2.09. The van der Waals surface area contributed by atoms with Crippen molar-refractivity contribution in [2.75, 3.05) is 0 Å². The molecule has 0 unspecified atom stereocenters. The van der Waals surface area contributed by atoms with Gasteiger partial charge in [0.05, 0.1) is 5.39 Å². The van der Waals surface area contributed by atoms with Gasteiger partial charge < -0.3 is 0 Å². The third kappa shape index (κ3) is 2.77. The van der Waals surface area contributed by atoms with Crippen LogP contribution in [0.3, 0.4) is 0 Å². The van der Waals surface area contributed by atoms with Crippen LogP contribution in [0.1, 0.15) is 16.0 Å². The van der Waals surface area contributed by atoms with E-state index >= 15 is 0 Å². The second-order valence-corrected chi connectivity index (χ2v) is 8.29. The van der Waals surface area contributed by atoms with Crippen molar-refractivity contribution >= 4 is 44.1 Å². The normalized spacial score (nSPS) is 11.5. The maximum Gasteiger partial charge on any atom is 0.262 e. The van der Waals surface area contributed by atoms with E-state index in [1.165, 1.54) is 16.3 Å². The zero-order valence-electron chi connectivity index (χ0n) is 14.4. The highest BCUT2D eigenvalue weighted by Crippen LogP contribution is 2.30. The Morgan fingerprint density at radius 2 is 1.88 bits per heavy atom. The summed E-state index contributed by atoms with van der Waals surface area (Å²) < 4.78 is 1.68. The van der Waals surface area contributed by atoms with Crippen LogP contribution in [0.5, 0.6) is 0 Å². The fraction of sp³-hybridized carbons (Fsp3) is 0.200. The summed E-state index contributed by atoms with van der Waals surface area (Å²) in [5.74, 6) is 0.788. The van der Waals surface area contributed by atoms with E-state index < -0.39 is 0 Å². The van der Waals surface area contributed by atoms with Gasteiger partial charge in [-0.25, -0.2) is 4.98 Å². The monoisotopic (exact) mass is 366 g/mol. The van der Waals surface area contributed by atoms with Gasteiger partial charge in [-0.15, -0.1) is 11.3 Å². The van der Waals surface area contributed by atoms with Gasteiger partial charge in [-0.2, -0.15) is 0 Å². The van der Waals surface area contributed by atoms with Crippen LogP contribution in [0.25, 0.3) is 21.0 Å². The molecule has 0 atom stereocenters. The summed E-state index contributed by atoms with van der Waals surface area (Å²) in [6.45, 7) is 4.05. The number of aromatic nitrogens is 2. The van der Waals surface area contributed by atoms with E-state index in [0.29, 0.717) is 0 Å². The number of thioether (sulfide) groups is 1. The highest BCUT2D eigenvalue weighted by molar-refractivity contribution is 7.98. The third-order valence-electron chi connectivity index (χ3n) is 4.61. The summed E-state index contributed by atoms with van der Waals surface area (Å²) in [7, 11) is 1.81. The fourth-order valence-electron chi connectivity index (χ4n) is 3.05. The van der Waals surface area contributed by atoms with Gasteiger partial charge in [0.25, 0.3) is 5.56 Å². The molecule has 0 fully saturated rings. The Morgan fingerprint density at radius 3 is 2.72 bits per heavy atom. The van der Waals surface area contributed by atoms with Crippen molar-refractivity contribution in [1.29, 1.82) is 0 Å². The van der Waals surface area contributed by atoms with Gasteiger partial charge in [-0.3, -0.25) is 9.36 Å². The molecule has 25 heavy (non-hydrogen) atoms. The van der Waals surface area contributed by atoms with Crippen LogP contribution in [0.15, 0.2) is 52.4 Å². The lowest BCUT2D eigenvalue weighted by atomic mass is 10.1. The smallest absolute Gasteiger partial charge is 0.262 e. The molecule has 126 valence electrons. The molecule has 0 bridgehead atoms. The molecule has 2 aromatic heterocycles. The van der Waals surface area contributed by atoms with Crippen LogP contribution in [0.4, 0.5) is 0 Å². The van der Waals surface area contributed by atoms with Crippen molar-refractivity contribution in [3.63, 3.8) is 0 Å². The Hall–Kier alpha value is -2.11. The summed E-state index contributed by atoms with van der Waals surface area (Å²) in [6, 6.07) is 14.7. The van der Waals surface area contributed by atoms with Crippen molar-refractivity contribution in [1.82, 2.24) is 9.55 Å². The molecule has 5 heteroatoms. The minimum absolute atomic E-state index is 0.0484. The Morgan fingerprint density at radius 1 is 1.12 bits per heavy atom. The molecule has 2 heterocycles. The quantitative estimate of drug-likeness (QED) is 0.376. The predicted molar refractivity (Wildman–Crippen MR) is 108 cm³/mol. The lowest BCUT2D eigenvalue weighted by molar-refractivity contribution is 0.727. The van der Waals surface area contributed by atoms with Gasteiger partial charge in [0, 0.05) is 17.7 Å². The largest absolute Gasteiger partial charge is 0.290 e. The first-order valence-electron chi connectivity index (χ1n) is 8.12. The first-order valence-corrected chi connectivity index (χ1v) is 9.92. The molecular formula is C20H18N2OS2. The summed E-state index contributed by atoms with van der Waals surface area (Å²) in [5, 5.41) is 4.03. The standard InChI is InChI=1S/C20H18N2OS2/c1-12-13(2)25-18-17(12)19(23)22(3)20(21-18)24-11-15-9-6-8-14-7-4-5-10-16(14)15/h4-10H,11H2,1-3H3. The minimum Gasteiger partial charge on any atom is -0.290 e. The van der Waals surface area contributed by atoms with Crippen molar-refractivity contribution in [3.05, 3.63) is 68.8 Å². The number of aryl methyl sites for hydroxylation is 2. The molecular weight excluding hydrogens is 348 g/mol. The molecule has 4 aromatic rings. The van der Waals surface area contributed by atoms with E-state index in [2.05, 4.69) is 42.5 Å². The van der Waals surface area contributed by atoms with E-state index in [4.69, 9.17) is 4.98 Å². The maximum atomic E-state index is 12.7. The molecule has 0 aliphatic carbocycles. The van der Waals surface area contributed by atoms with Crippen molar-refractivity contribution < 1.29 is 0 Å². The first kappa shape index (κ1) is 16.4. The molecule has 0 amide bonds. The van der Waals surface area contributed by atoms with Gasteiger partial charge in [-0.05, 0) is 35.7 Å². The number of nitrogens with zero attached hydrogens (tertiary/aromatic N) is 2. The third-order valence-corrected chi connectivity index (χ3v) is 6.79. The highest BCUT2D eigenvalue weighted by atomic mass is 32.2. The minimum atomic E-state index is 0.0484. The lowest BCUT2D eigenvalue weighted by Crippen LogP contribution is -2.19. The zero-order valence-corrected chi connectivity index (χ0v) is 16.0. The number of hydrogen-bond acceptors (Lipinski definition) is 4. The van der Waals surface area contributed by atoms with Gasteiger partial charge in [0.15, 0.2) is 5.16 Å². The van der Waals surface area contributed by atoms with Crippen molar-refractivity contribution in [2.45, 2.75) is 24.8 Å². The molecule has 0 aliphatic rings. The summed E-state index contributed by atoms with van der Waals surface area (Å²) in [6.07, 6.45) is 0. The Labute approximate surface area is 154 Å². The summed E-state index contributed by atoms with van der Waals surface area (Å²) >= 11 is 3.22. The average Bonchev–Trinajstić information content (AvgIpc) is 2.91. The van der Waals surface area contributed by atoms with E-state index in [0.717, 1.165) is 31.6 Å². The number of benzene rings is 2. The predicted octanol–water partition coefficient (Wildman–Crippen LogP) is 5.06. The van der Waals surface area contributed by atoms with E-state index in [1.807, 2.05) is 20.9 Å². The molecule has 3 nitrogen and oxygen atoms in total. The molecule has 0 spiro atoms. The number of fused-ring (bicyclic) bond motifs is 2. The van der Waals surface area contributed by atoms with E-state index in [-0.39, 0.29) is 5.56 Å². The Bertz CT molecular complexity index is 1150. The molecule has 4 rings (SSSR count). The molecule has 0 aliphatic heterocycles. The van der Waals surface area contributed by atoms with Crippen LogP contribution in [0.2, 0.25) is 0 Å². The van der Waals surface area contributed by atoms with Gasteiger partial charge in [-0.1, -0.05) is 54.2 Å². The van der Waals surface area contributed by atoms with E-state index in [9.17, 15) is 4.79 Å². The second kappa shape index (κ2) is 6.32.